The first-order chi connectivity index (χ1) is 7.90. The molecule has 3 heteroatoms. The average molecular weight is 242 g/mol. The normalized spacial score (nSPS) is 32.2. The number of aliphatic carboxylic acids is 1. The Morgan fingerprint density at radius 3 is 2.47 bits per heavy atom. The summed E-state index contributed by atoms with van der Waals surface area (Å²) < 4.78 is 0. The van der Waals surface area contributed by atoms with E-state index in [1.165, 1.54) is 0 Å². The first-order valence-corrected chi connectivity index (χ1v) is 6.86. The topological polar surface area (TPSA) is 57.5 Å². The Morgan fingerprint density at radius 2 is 2.00 bits per heavy atom. The molecule has 1 aliphatic carbocycles. The third-order valence-corrected chi connectivity index (χ3v) is 4.43. The van der Waals surface area contributed by atoms with Gasteiger partial charge in [0.2, 0.25) is 0 Å². The van der Waals surface area contributed by atoms with E-state index in [0.29, 0.717) is 31.1 Å². The standard InChI is InChI=1S/C14H26O3/c1-4-12(13(15)16)14(17)8-5-6-11(7-9-14)10(2)3/h10-12,17H,4-9H2,1-3H3,(H,15,16). The van der Waals surface area contributed by atoms with Crippen LogP contribution >= 0.6 is 0 Å². The molecule has 2 N–H and O–H groups in total. The number of carboxylic acid groups (broad SMARTS) is 1. The van der Waals surface area contributed by atoms with Gasteiger partial charge in [0, 0.05) is 0 Å². The summed E-state index contributed by atoms with van der Waals surface area (Å²) in [5.41, 5.74) is -0.982. The van der Waals surface area contributed by atoms with Gasteiger partial charge in [-0.2, -0.15) is 0 Å². The van der Waals surface area contributed by atoms with Crippen molar-refractivity contribution in [2.24, 2.45) is 17.8 Å². The van der Waals surface area contributed by atoms with Gasteiger partial charge in [0.25, 0.3) is 0 Å². The summed E-state index contributed by atoms with van der Waals surface area (Å²) in [7, 11) is 0. The molecular weight excluding hydrogens is 216 g/mol. The van der Waals surface area contributed by atoms with Crippen LogP contribution in [0, 0.1) is 17.8 Å². The van der Waals surface area contributed by atoms with Crippen LogP contribution in [0.2, 0.25) is 0 Å². The van der Waals surface area contributed by atoms with Gasteiger partial charge in [0.1, 0.15) is 0 Å². The van der Waals surface area contributed by atoms with E-state index in [9.17, 15) is 15.0 Å². The predicted octanol–water partition coefficient (Wildman–Crippen LogP) is 3.06. The molecule has 0 bridgehead atoms. The van der Waals surface area contributed by atoms with E-state index in [1.54, 1.807) is 0 Å². The summed E-state index contributed by atoms with van der Waals surface area (Å²) in [5.74, 6) is -0.191. The molecule has 0 radical (unpaired) electrons. The molecule has 1 rings (SSSR count). The van der Waals surface area contributed by atoms with Crippen molar-refractivity contribution in [2.45, 2.75) is 64.9 Å². The summed E-state index contributed by atoms with van der Waals surface area (Å²) in [6.45, 7) is 6.27. The molecule has 0 heterocycles. The number of aliphatic hydroxyl groups is 1. The van der Waals surface area contributed by atoms with Crippen molar-refractivity contribution in [2.75, 3.05) is 0 Å². The summed E-state index contributed by atoms with van der Waals surface area (Å²) in [5, 5.41) is 19.8. The highest BCUT2D eigenvalue weighted by molar-refractivity contribution is 5.71. The molecule has 0 aromatic rings. The van der Waals surface area contributed by atoms with E-state index >= 15 is 0 Å². The van der Waals surface area contributed by atoms with Crippen molar-refractivity contribution in [3.63, 3.8) is 0 Å². The minimum Gasteiger partial charge on any atom is -0.481 e. The second-order valence-electron chi connectivity index (χ2n) is 5.84. The van der Waals surface area contributed by atoms with Gasteiger partial charge in [0.05, 0.1) is 11.5 Å². The first kappa shape index (κ1) is 14.5. The van der Waals surface area contributed by atoms with E-state index in [4.69, 9.17) is 0 Å². The first-order valence-electron chi connectivity index (χ1n) is 6.86. The van der Waals surface area contributed by atoms with E-state index in [-0.39, 0.29) is 0 Å². The molecule has 1 aliphatic rings. The fraction of sp³-hybridized carbons (Fsp3) is 0.929. The molecular formula is C14H26O3. The highest BCUT2D eigenvalue weighted by Crippen LogP contribution is 2.39. The largest absolute Gasteiger partial charge is 0.481 e. The third-order valence-electron chi connectivity index (χ3n) is 4.43. The van der Waals surface area contributed by atoms with Gasteiger partial charge < -0.3 is 10.2 Å². The number of carbonyl (C=O) groups is 1. The smallest absolute Gasteiger partial charge is 0.309 e. The van der Waals surface area contributed by atoms with Crippen LogP contribution in [0.5, 0.6) is 0 Å². The zero-order chi connectivity index (χ0) is 13.1. The van der Waals surface area contributed by atoms with Gasteiger partial charge in [-0.1, -0.05) is 33.6 Å². The Labute approximate surface area is 104 Å². The highest BCUT2D eigenvalue weighted by atomic mass is 16.4. The second kappa shape index (κ2) is 5.85. The number of rotatable bonds is 4. The molecule has 100 valence electrons. The molecule has 0 aliphatic heterocycles. The van der Waals surface area contributed by atoms with Crippen LogP contribution in [0.15, 0.2) is 0 Å². The Balaban J connectivity index is 2.74. The van der Waals surface area contributed by atoms with Gasteiger partial charge in [-0.3, -0.25) is 4.79 Å². The summed E-state index contributed by atoms with van der Waals surface area (Å²) in [4.78, 5) is 11.2. The number of hydrogen-bond donors (Lipinski definition) is 2. The molecule has 0 amide bonds. The van der Waals surface area contributed by atoms with Crippen LogP contribution in [0.3, 0.4) is 0 Å². The molecule has 0 aromatic carbocycles. The molecule has 17 heavy (non-hydrogen) atoms. The molecule has 1 fully saturated rings. The van der Waals surface area contributed by atoms with Crippen molar-refractivity contribution in [3.8, 4) is 0 Å². The maximum atomic E-state index is 11.2. The molecule has 1 saturated carbocycles. The maximum absolute atomic E-state index is 11.2. The van der Waals surface area contributed by atoms with Gasteiger partial charge >= 0.3 is 5.97 Å². The van der Waals surface area contributed by atoms with Crippen molar-refractivity contribution in [3.05, 3.63) is 0 Å². The Bertz CT molecular complexity index is 262. The minimum absolute atomic E-state index is 0.512. The molecule has 3 unspecified atom stereocenters. The Morgan fingerprint density at radius 1 is 1.35 bits per heavy atom. The maximum Gasteiger partial charge on any atom is 0.309 e. The van der Waals surface area contributed by atoms with E-state index in [1.807, 2.05) is 6.92 Å². The zero-order valence-corrected chi connectivity index (χ0v) is 11.3. The molecule has 3 atom stereocenters. The highest BCUT2D eigenvalue weighted by Gasteiger charge is 2.41. The lowest BCUT2D eigenvalue weighted by Gasteiger charge is -2.32. The van der Waals surface area contributed by atoms with E-state index in [0.717, 1.165) is 19.3 Å². The van der Waals surface area contributed by atoms with Gasteiger partial charge in [-0.15, -0.1) is 0 Å². The van der Waals surface area contributed by atoms with Gasteiger partial charge in [0.15, 0.2) is 0 Å². The number of carboxylic acids is 1. The minimum atomic E-state index is -0.982. The van der Waals surface area contributed by atoms with Crippen LogP contribution in [0.1, 0.15) is 59.3 Å². The fourth-order valence-electron chi connectivity index (χ4n) is 3.17. The monoisotopic (exact) mass is 242 g/mol. The lowest BCUT2D eigenvalue weighted by molar-refractivity contribution is -0.153. The quantitative estimate of drug-likeness (QED) is 0.745. The van der Waals surface area contributed by atoms with Gasteiger partial charge in [-0.25, -0.2) is 0 Å². The molecule has 0 aromatic heterocycles. The summed E-state index contributed by atoms with van der Waals surface area (Å²) >= 11 is 0. The van der Waals surface area contributed by atoms with E-state index < -0.39 is 17.5 Å². The third kappa shape index (κ3) is 3.44. The Kier molecular flexibility index (Phi) is 4.99. The van der Waals surface area contributed by atoms with E-state index in [2.05, 4.69) is 13.8 Å². The van der Waals surface area contributed by atoms with Gasteiger partial charge in [-0.05, 0) is 37.5 Å². The molecule has 3 nitrogen and oxygen atoms in total. The van der Waals surface area contributed by atoms with Crippen LogP contribution in [0.4, 0.5) is 0 Å². The van der Waals surface area contributed by atoms with Crippen molar-refractivity contribution >= 4 is 5.97 Å². The van der Waals surface area contributed by atoms with Crippen molar-refractivity contribution in [1.82, 2.24) is 0 Å². The number of hydrogen-bond acceptors (Lipinski definition) is 2. The molecule has 0 saturated heterocycles. The lowest BCUT2D eigenvalue weighted by Crippen LogP contribution is -2.41. The SMILES string of the molecule is CCC(C(=O)O)C1(O)CCCC(C(C)C)CC1. The fourth-order valence-corrected chi connectivity index (χ4v) is 3.17. The van der Waals surface area contributed by atoms with Crippen LogP contribution in [0.25, 0.3) is 0 Å². The summed E-state index contributed by atoms with van der Waals surface area (Å²) in [6, 6.07) is 0. The lowest BCUT2D eigenvalue weighted by atomic mass is 9.79. The van der Waals surface area contributed by atoms with Crippen LogP contribution < -0.4 is 0 Å². The van der Waals surface area contributed by atoms with Crippen molar-refractivity contribution in [1.29, 1.82) is 0 Å². The van der Waals surface area contributed by atoms with Crippen LogP contribution in [-0.4, -0.2) is 21.8 Å². The molecule has 0 spiro atoms. The Hall–Kier alpha value is -0.570. The van der Waals surface area contributed by atoms with Crippen molar-refractivity contribution < 1.29 is 15.0 Å². The second-order valence-corrected chi connectivity index (χ2v) is 5.84. The predicted molar refractivity (Wildman–Crippen MR) is 67.8 cm³/mol. The average Bonchev–Trinajstić information content (AvgIpc) is 2.41. The zero-order valence-electron chi connectivity index (χ0n) is 11.3. The van der Waals surface area contributed by atoms with Crippen LogP contribution in [-0.2, 0) is 4.79 Å². The summed E-state index contributed by atoms with van der Waals surface area (Å²) in [6.07, 6.45) is 4.82.